The lowest BCUT2D eigenvalue weighted by Crippen LogP contribution is -2.29. The topological polar surface area (TPSA) is 54.2 Å². The van der Waals surface area contributed by atoms with Crippen LogP contribution in [0.15, 0.2) is 35.3 Å². The molecule has 2 N–H and O–H groups in total. The molecule has 1 unspecified atom stereocenters. The summed E-state index contributed by atoms with van der Waals surface area (Å²) < 4.78 is 1.86. The van der Waals surface area contributed by atoms with Gasteiger partial charge in [0, 0.05) is 24.3 Å². The standard InChI is InChI=1S/C14H17N5S/c1-10(15-2)7-17-13-3-5-16-14-12(8-18-19(13)14)11-4-6-20-9-11/h3-6,8-10,15,17H,7H2,1-2H3. The number of nitrogens with zero attached hydrogens (tertiary/aromatic N) is 3. The first-order valence-corrected chi connectivity index (χ1v) is 7.50. The molecule has 0 radical (unpaired) electrons. The van der Waals surface area contributed by atoms with Crippen LogP contribution in [0.1, 0.15) is 6.92 Å². The molecule has 0 aliphatic rings. The van der Waals surface area contributed by atoms with E-state index in [1.165, 1.54) is 5.56 Å². The Labute approximate surface area is 121 Å². The summed E-state index contributed by atoms with van der Waals surface area (Å²) in [7, 11) is 1.96. The van der Waals surface area contributed by atoms with Gasteiger partial charge in [0.1, 0.15) is 5.82 Å². The van der Waals surface area contributed by atoms with Crippen molar-refractivity contribution in [2.24, 2.45) is 0 Å². The lowest BCUT2D eigenvalue weighted by Gasteiger charge is -2.13. The number of anilines is 1. The van der Waals surface area contributed by atoms with Crippen LogP contribution in [0.4, 0.5) is 5.82 Å². The molecule has 5 nitrogen and oxygen atoms in total. The molecule has 0 saturated heterocycles. The van der Waals surface area contributed by atoms with Crippen LogP contribution in [0.5, 0.6) is 0 Å². The lowest BCUT2D eigenvalue weighted by molar-refractivity contribution is 0.635. The molecule has 3 rings (SSSR count). The Balaban J connectivity index is 1.95. The van der Waals surface area contributed by atoms with Crippen molar-refractivity contribution in [3.8, 4) is 11.1 Å². The Morgan fingerprint density at radius 2 is 2.30 bits per heavy atom. The van der Waals surface area contributed by atoms with Crippen LogP contribution in [-0.4, -0.2) is 34.2 Å². The van der Waals surface area contributed by atoms with Crippen molar-refractivity contribution in [3.05, 3.63) is 35.3 Å². The summed E-state index contributed by atoms with van der Waals surface area (Å²) in [6, 6.07) is 4.43. The zero-order valence-electron chi connectivity index (χ0n) is 11.5. The summed E-state index contributed by atoms with van der Waals surface area (Å²) in [4.78, 5) is 4.45. The summed E-state index contributed by atoms with van der Waals surface area (Å²) in [5, 5.41) is 15.2. The number of hydrogen-bond donors (Lipinski definition) is 2. The fourth-order valence-electron chi connectivity index (χ4n) is 2.01. The molecular weight excluding hydrogens is 270 g/mol. The minimum atomic E-state index is 0.394. The monoisotopic (exact) mass is 287 g/mol. The lowest BCUT2D eigenvalue weighted by atomic mass is 10.2. The number of hydrogen-bond acceptors (Lipinski definition) is 5. The van der Waals surface area contributed by atoms with Gasteiger partial charge in [-0.25, -0.2) is 4.98 Å². The molecule has 0 spiro atoms. The van der Waals surface area contributed by atoms with Gasteiger partial charge in [0.15, 0.2) is 5.65 Å². The summed E-state index contributed by atoms with van der Waals surface area (Å²) in [5.74, 6) is 0.957. The second kappa shape index (κ2) is 5.60. The molecule has 104 valence electrons. The number of nitrogens with one attached hydrogen (secondary N) is 2. The Bertz CT molecular complexity index is 689. The maximum absolute atomic E-state index is 4.45. The van der Waals surface area contributed by atoms with Gasteiger partial charge in [-0.3, -0.25) is 0 Å². The van der Waals surface area contributed by atoms with E-state index in [-0.39, 0.29) is 0 Å². The highest BCUT2D eigenvalue weighted by Crippen LogP contribution is 2.26. The number of thiophene rings is 1. The van der Waals surface area contributed by atoms with Crippen molar-refractivity contribution in [3.63, 3.8) is 0 Å². The molecule has 0 saturated carbocycles. The summed E-state index contributed by atoms with van der Waals surface area (Å²) in [6.45, 7) is 2.97. The molecule has 0 amide bonds. The molecular formula is C14H17N5S. The fourth-order valence-corrected chi connectivity index (χ4v) is 2.66. The molecule has 0 fully saturated rings. The second-order valence-electron chi connectivity index (χ2n) is 4.71. The number of likely N-dealkylation sites (N-methyl/N-ethyl adjacent to an activating group) is 1. The average Bonchev–Trinajstić information content (AvgIpc) is 3.12. The van der Waals surface area contributed by atoms with Crippen LogP contribution in [-0.2, 0) is 0 Å². The van der Waals surface area contributed by atoms with Crippen molar-refractivity contribution >= 4 is 22.8 Å². The molecule has 1 atom stereocenters. The highest BCUT2D eigenvalue weighted by molar-refractivity contribution is 7.08. The Kier molecular flexibility index (Phi) is 3.66. The van der Waals surface area contributed by atoms with Crippen molar-refractivity contribution in [1.29, 1.82) is 0 Å². The van der Waals surface area contributed by atoms with E-state index in [1.54, 1.807) is 11.3 Å². The van der Waals surface area contributed by atoms with Gasteiger partial charge in [0.2, 0.25) is 0 Å². The zero-order valence-corrected chi connectivity index (χ0v) is 12.3. The quantitative estimate of drug-likeness (QED) is 0.757. The molecule has 3 heterocycles. The predicted octanol–water partition coefficient (Wildman–Crippen LogP) is 2.48. The van der Waals surface area contributed by atoms with E-state index < -0.39 is 0 Å². The van der Waals surface area contributed by atoms with Gasteiger partial charge in [0.05, 0.1) is 6.20 Å². The van der Waals surface area contributed by atoms with Crippen LogP contribution in [0.3, 0.4) is 0 Å². The Morgan fingerprint density at radius 1 is 1.40 bits per heavy atom. The molecule has 3 aromatic heterocycles. The van der Waals surface area contributed by atoms with Crippen LogP contribution >= 0.6 is 11.3 Å². The van der Waals surface area contributed by atoms with E-state index in [1.807, 2.05) is 30.0 Å². The largest absolute Gasteiger partial charge is 0.368 e. The van der Waals surface area contributed by atoms with Gasteiger partial charge in [-0.1, -0.05) is 0 Å². The first-order chi connectivity index (χ1) is 9.79. The minimum Gasteiger partial charge on any atom is -0.368 e. The Morgan fingerprint density at radius 3 is 3.05 bits per heavy atom. The molecule has 6 heteroatoms. The summed E-state index contributed by atoms with van der Waals surface area (Å²) in [6.07, 6.45) is 3.69. The smallest absolute Gasteiger partial charge is 0.165 e. The van der Waals surface area contributed by atoms with E-state index in [0.717, 1.165) is 23.6 Å². The molecule has 0 aliphatic carbocycles. The van der Waals surface area contributed by atoms with E-state index in [2.05, 4.69) is 44.5 Å². The number of aromatic nitrogens is 3. The maximum Gasteiger partial charge on any atom is 0.165 e. The average molecular weight is 287 g/mol. The third-order valence-corrected chi connectivity index (χ3v) is 4.00. The molecule has 0 aromatic carbocycles. The molecule has 3 aromatic rings. The Hall–Kier alpha value is -1.92. The first kappa shape index (κ1) is 13.1. The van der Waals surface area contributed by atoms with Crippen LogP contribution in [0, 0.1) is 0 Å². The molecule has 20 heavy (non-hydrogen) atoms. The third-order valence-electron chi connectivity index (χ3n) is 3.32. The highest BCUT2D eigenvalue weighted by Gasteiger charge is 2.10. The summed E-state index contributed by atoms with van der Waals surface area (Å²) in [5.41, 5.74) is 3.11. The summed E-state index contributed by atoms with van der Waals surface area (Å²) >= 11 is 1.68. The first-order valence-electron chi connectivity index (χ1n) is 6.56. The predicted molar refractivity (Wildman–Crippen MR) is 83.3 cm³/mol. The fraction of sp³-hybridized carbons (Fsp3) is 0.286. The number of rotatable bonds is 5. The second-order valence-corrected chi connectivity index (χ2v) is 5.49. The highest BCUT2D eigenvalue weighted by atomic mass is 32.1. The van der Waals surface area contributed by atoms with Crippen LogP contribution in [0.25, 0.3) is 16.8 Å². The van der Waals surface area contributed by atoms with E-state index in [9.17, 15) is 0 Å². The SMILES string of the molecule is CNC(C)CNc1ccnc2c(-c3ccsc3)cnn12. The van der Waals surface area contributed by atoms with Gasteiger partial charge in [-0.05, 0) is 42.4 Å². The van der Waals surface area contributed by atoms with Crippen molar-refractivity contribution in [1.82, 2.24) is 19.9 Å². The normalized spacial score (nSPS) is 12.7. The third kappa shape index (κ3) is 2.39. The van der Waals surface area contributed by atoms with Gasteiger partial charge in [-0.2, -0.15) is 21.0 Å². The van der Waals surface area contributed by atoms with E-state index in [4.69, 9.17) is 0 Å². The van der Waals surface area contributed by atoms with E-state index in [0.29, 0.717) is 6.04 Å². The minimum absolute atomic E-state index is 0.394. The van der Waals surface area contributed by atoms with E-state index >= 15 is 0 Å². The van der Waals surface area contributed by atoms with Gasteiger partial charge >= 0.3 is 0 Å². The van der Waals surface area contributed by atoms with Crippen molar-refractivity contribution in [2.75, 3.05) is 18.9 Å². The van der Waals surface area contributed by atoms with Crippen LogP contribution < -0.4 is 10.6 Å². The zero-order chi connectivity index (χ0) is 13.9. The van der Waals surface area contributed by atoms with Gasteiger partial charge in [-0.15, -0.1) is 0 Å². The van der Waals surface area contributed by atoms with Gasteiger partial charge in [0.25, 0.3) is 0 Å². The molecule has 0 aliphatic heterocycles. The van der Waals surface area contributed by atoms with Gasteiger partial charge < -0.3 is 10.6 Å². The molecule has 0 bridgehead atoms. The maximum atomic E-state index is 4.45. The van der Waals surface area contributed by atoms with Crippen molar-refractivity contribution < 1.29 is 0 Å². The number of fused-ring (bicyclic) bond motifs is 1. The van der Waals surface area contributed by atoms with Crippen molar-refractivity contribution in [2.45, 2.75) is 13.0 Å². The van der Waals surface area contributed by atoms with Crippen LogP contribution in [0.2, 0.25) is 0 Å².